The van der Waals surface area contributed by atoms with E-state index in [1.807, 2.05) is 39.0 Å². The Kier molecular flexibility index (Phi) is 7.67. The molecule has 1 aromatic heterocycles. The predicted octanol–water partition coefficient (Wildman–Crippen LogP) is 3.86. The van der Waals surface area contributed by atoms with E-state index in [9.17, 15) is 9.59 Å². The standard InChI is InChI=1S/C20H24N2O4S/c1-5-22(11-14(2)3)19(23)12-25-20(24)17-8-6-7-9-18(17)27-13-16-10-15(4)21-26-16/h6-10H,2,5,11-13H2,1,3-4H3. The number of carbonyl (C=O) groups is 2. The molecule has 144 valence electrons. The van der Waals surface area contributed by atoms with E-state index in [2.05, 4.69) is 11.7 Å². The monoisotopic (exact) mass is 388 g/mol. The van der Waals surface area contributed by atoms with Gasteiger partial charge in [-0.15, -0.1) is 11.8 Å². The van der Waals surface area contributed by atoms with Gasteiger partial charge in [-0.05, 0) is 32.9 Å². The Hall–Kier alpha value is -2.54. The Morgan fingerprint density at radius 3 is 2.70 bits per heavy atom. The number of aryl methyl sites for hydroxylation is 1. The SMILES string of the molecule is C=C(C)CN(CC)C(=O)COC(=O)c1ccccc1SCc1cc(C)no1. The lowest BCUT2D eigenvalue weighted by Gasteiger charge is -2.20. The van der Waals surface area contributed by atoms with Crippen molar-refractivity contribution >= 4 is 23.6 Å². The summed E-state index contributed by atoms with van der Waals surface area (Å²) in [6, 6.07) is 8.99. The van der Waals surface area contributed by atoms with Crippen LogP contribution in [0.1, 0.15) is 35.7 Å². The molecule has 1 aromatic carbocycles. The van der Waals surface area contributed by atoms with E-state index in [1.165, 1.54) is 11.8 Å². The van der Waals surface area contributed by atoms with Crippen LogP contribution in [0.25, 0.3) is 0 Å². The van der Waals surface area contributed by atoms with E-state index in [0.29, 0.717) is 24.4 Å². The zero-order valence-corrected chi connectivity index (χ0v) is 16.7. The van der Waals surface area contributed by atoms with Gasteiger partial charge in [0.2, 0.25) is 0 Å². The molecule has 0 aliphatic rings. The number of thioether (sulfide) groups is 1. The number of nitrogens with zero attached hydrogens (tertiary/aromatic N) is 2. The highest BCUT2D eigenvalue weighted by atomic mass is 32.2. The highest BCUT2D eigenvalue weighted by molar-refractivity contribution is 7.98. The molecule has 0 spiro atoms. The molecule has 0 unspecified atom stereocenters. The second-order valence-corrected chi connectivity index (χ2v) is 7.18. The Labute approximate surface area is 163 Å². The third kappa shape index (κ3) is 6.29. The Morgan fingerprint density at radius 2 is 2.07 bits per heavy atom. The number of carbonyl (C=O) groups excluding carboxylic acids is 2. The molecule has 0 aliphatic heterocycles. The van der Waals surface area contributed by atoms with Crippen LogP contribution < -0.4 is 0 Å². The summed E-state index contributed by atoms with van der Waals surface area (Å²) in [7, 11) is 0. The Balaban J connectivity index is 1.97. The Bertz CT molecular complexity index is 816. The van der Waals surface area contributed by atoms with Gasteiger partial charge in [-0.3, -0.25) is 4.79 Å². The quantitative estimate of drug-likeness (QED) is 0.369. The first-order valence-corrected chi connectivity index (χ1v) is 9.62. The van der Waals surface area contributed by atoms with E-state index < -0.39 is 5.97 Å². The van der Waals surface area contributed by atoms with Crippen molar-refractivity contribution in [1.82, 2.24) is 10.1 Å². The highest BCUT2D eigenvalue weighted by Gasteiger charge is 2.18. The minimum absolute atomic E-state index is 0.240. The van der Waals surface area contributed by atoms with Crippen LogP contribution in [-0.2, 0) is 15.3 Å². The lowest BCUT2D eigenvalue weighted by molar-refractivity contribution is -0.133. The zero-order valence-electron chi connectivity index (χ0n) is 15.9. The molecule has 0 saturated heterocycles. The summed E-state index contributed by atoms with van der Waals surface area (Å²) in [5.74, 6) is 0.517. The summed E-state index contributed by atoms with van der Waals surface area (Å²) in [5, 5.41) is 3.85. The molecule has 0 radical (unpaired) electrons. The van der Waals surface area contributed by atoms with E-state index >= 15 is 0 Å². The van der Waals surface area contributed by atoms with E-state index in [4.69, 9.17) is 9.26 Å². The molecule has 0 aliphatic carbocycles. The van der Waals surface area contributed by atoms with Gasteiger partial charge in [0.25, 0.3) is 5.91 Å². The minimum Gasteiger partial charge on any atom is -0.452 e. The van der Waals surface area contributed by atoms with Crippen molar-refractivity contribution < 1.29 is 18.8 Å². The number of esters is 1. The number of rotatable bonds is 9. The second kappa shape index (κ2) is 9.97. The van der Waals surface area contributed by atoms with Gasteiger partial charge in [-0.1, -0.05) is 29.4 Å². The first-order chi connectivity index (χ1) is 12.9. The van der Waals surface area contributed by atoms with Gasteiger partial charge in [0, 0.05) is 24.1 Å². The maximum atomic E-state index is 12.5. The van der Waals surface area contributed by atoms with Gasteiger partial charge in [0.05, 0.1) is 17.0 Å². The molecule has 7 heteroatoms. The fourth-order valence-electron chi connectivity index (χ4n) is 2.39. The average Bonchev–Trinajstić information content (AvgIpc) is 3.07. The molecule has 0 atom stereocenters. The number of amides is 1. The van der Waals surface area contributed by atoms with Crippen LogP contribution in [0.3, 0.4) is 0 Å². The summed E-state index contributed by atoms with van der Waals surface area (Å²) in [5.41, 5.74) is 2.11. The van der Waals surface area contributed by atoms with Crippen LogP contribution >= 0.6 is 11.8 Å². The molecule has 0 fully saturated rings. The molecule has 2 aromatic rings. The second-order valence-electron chi connectivity index (χ2n) is 6.16. The molecule has 0 bridgehead atoms. The molecule has 2 rings (SSSR count). The van der Waals surface area contributed by atoms with Crippen LogP contribution in [0.5, 0.6) is 0 Å². The van der Waals surface area contributed by atoms with Crippen molar-refractivity contribution in [2.75, 3.05) is 19.7 Å². The average molecular weight is 388 g/mol. The number of hydrogen-bond donors (Lipinski definition) is 0. The molecule has 0 saturated carbocycles. The van der Waals surface area contributed by atoms with E-state index in [-0.39, 0.29) is 12.5 Å². The van der Waals surface area contributed by atoms with Crippen LogP contribution in [0.4, 0.5) is 0 Å². The van der Waals surface area contributed by atoms with Crippen molar-refractivity contribution in [3.05, 3.63) is 59.5 Å². The fraction of sp³-hybridized carbons (Fsp3) is 0.350. The van der Waals surface area contributed by atoms with Gasteiger partial charge in [0.15, 0.2) is 6.61 Å². The molecule has 1 amide bonds. The van der Waals surface area contributed by atoms with Crippen LogP contribution in [0, 0.1) is 6.92 Å². The molecule has 1 heterocycles. The number of ether oxygens (including phenoxy) is 1. The first-order valence-electron chi connectivity index (χ1n) is 8.64. The summed E-state index contributed by atoms with van der Waals surface area (Å²) < 4.78 is 10.4. The van der Waals surface area contributed by atoms with Crippen LogP contribution in [-0.4, -0.2) is 41.6 Å². The fourth-order valence-corrected chi connectivity index (χ4v) is 3.31. The Morgan fingerprint density at radius 1 is 1.33 bits per heavy atom. The molecule has 6 nitrogen and oxygen atoms in total. The third-order valence-corrected chi connectivity index (χ3v) is 4.77. The van der Waals surface area contributed by atoms with Gasteiger partial charge in [0.1, 0.15) is 5.76 Å². The summed E-state index contributed by atoms with van der Waals surface area (Å²) in [6.45, 7) is 10.1. The maximum Gasteiger partial charge on any atom is 0.339 e. The largest absolute Gasteiger partial charge is 0.452 e. The zero-order chi connectivity index (χ0) is 19.8. The lowest BCUT2D eigenvalue weighted by atomic mass is 10.2. The van der Waals surface area contributed by atoms with E-state index in [0.717, 1.165) is 21.9 Å². The number of aromatic nitrogens is 1. The van der Waals surface area contributed by atoms with Crippen molar-refractivity contribution in [2.45, 2.75) is 31.4 Å². The summed E-state index contributed by atoms with van der Waals surface area (Å²) in [4.78, 5) is 27.0. The number of likely N-dealkylation sites (N-methyl/N-ethyl adjacent to an activating group) is 1. The van der Waals surface area contributed by atoms with Gasteiger partial charge in [-0.25, -0.2) is 4.79 Å². The summed E-state index contributed by atoms with van der Waals surface area (Å²) in [6.07, 6.45) is 0. The molecular weight excluding hydrogens is 364 g/mol. The normalized spacial score (nSPS) is 10.5. The molecule has 0 N–H and O–H groups in total. The van der Waals surface area contributed by atoms with E-state index in [1.54, 1.807) is 17.0 Å². The van der Waals surface area contributed by atoms with Gasteiger partial charge in [-0.2, -0.15) is 0 Å². The minimum atomic E-state index is -0.522. The van der Waals surface area contributed by atoms with Crippen molar-refractivity contribution in [3.63, 3.8) is 0 Å². The first kappa shape index (κ1) is 20.8. The number of hydrogen-bond acceptors (Lipinski definition) is 6. The smallest absolute Gasteiger partial charge is 0.339 e. The van der Waals surface area contributed by atoms with Crippen molar-refractivity contribution in [1.29, 1.82) is 0 Å². The van der Waals surface area contributed by atoms with Gasteiger partial charge < -0.3 is 14.2 Å². The van der Waals surface area contributed by atoms with Crippen molar-refractivity contribution in [2.24, 2.45) is 0 Å². The molecule has 27 heavy (non-hydrogen) atoms. The predicted molar refractivity (Wildman–Crippen MR) is 105 cm³/mol. The van der Waals surface area contributed by atoms with Crippen molar-refractivity contribution in [3.8, 4) is 0 Å². The molecular formula is C20H24N2O4S. The topological polar surface area (TPSA) is 72.6 Å². The number of benzene rings is 1. The highest BCUT2D eigenvalue weighted by Crippen LogP contribution is 2.27. The third-order valence-electron chi connectivity index (χ3n) is 3.68. The van der Waals surface area contributed by atoms with Crippen LogP contribution in [0.15, 0.2) is 51.9 Å². The summed E-state index contributed by atoms with van der Waals surface area (Å²) >= 11 is 1.45. The van der Waals surface area contributed by atoms with Gasteiger partial charge >= 0.3 is 5.97 Å². The van der Waals surface area contributed by atoms with Crippen LogP contribution in [0.2, 0.25) is 0 Å². The maximum absolute atomic E-state index is 12.5. The lowest BCUT2D eigenvalue weighted by Crippen LogP contribution is -2.35.